The molecule has 0 fully saturated rings. The van der Waals surface area contributed by atoms with Crippen LogP contribution in [0.5, 0.6) is 11.5 Å². The molecule has 1 aliphatic heterocycles. The highest BCUT2D eigenvalue weighted by Crippen LogP contribution is 2.36. The Morgan fingerprint density at radius 2 is 1.94 bits per heavy atom. The van der Waals surface area contributed by atoms with Gasteiger partial charge in [0.15, 0.2) is 16.3 Å². The maximum atomic E-state index is 13.6. The van der Waals surface area contributed by atoms with E-state index in [1.165, 1.54) is 11.3 Å². The molecule has 4 rings (SSSR count). The Balaban J connectivity index is 1.94. The molecule has 7 nitrogen and oxygen atoms in total. The van der Waals surface area contributed by atoms with Gasteiger partial charge in [0.1, 0.15) is 0 Å². The number of fused-ring (bicyclic) bond motifs is 1. The van der Waals surface area contributed by atoms with Crippen LogP contribution in [0.3, 0.4) is 0 Å². The highest BCUT2D eigenvalue weighted by atomic mass is 79.9. The molecule has 0 bridgehead atoms. The molecule has 1 aromatic heterocycles. The molecule has 176 valence electrons. The van der Waals surface area contributed by atoms with Gasteiger partial charge >= 0.3 is 5.97 Å². The number of aromatic nitrogens is 1. The lowest BCUT2D eigenvalue weighted by Gasteiger charge is -2.24. The number of carbonyl (C=O) groups excluding carboxylic acids is 1. The average molecular weight is 543 g/mol. The summed E-state index contributed by atoms with van der Waals surface area (Å²) in [4.78, 5) is 31.6. The lowest BCUT2D eigenvalue weighted by Crippen LogP contribution is -2.39. The van der Waals surface area contributed by atoms with E-state index in [1.54, 1.807) is 44.8 Å². The van der Waals surface area contributed by atoms with E-state index in [0.29, 0.717) is 36.6 Å². The SMILES string of the molecule is CCOC(=O)C1=C(C)N=c2s/c(=C/c3cc(Br)c(OC)c(OC)c3)c(=O)n2C1c1ccccc1. The molecule has 0 amide bonds. The third-order valence-electron chi connectivity index (χ3n) is 5.39. The van der Waals surface area contributed by atoms with Crippen LogP contribution < -0.4 is 24.4 Å². The van der Waals surface area contributed by atoms with E-state index < -0.39 is 12.0 Å². The van der Waals surface area contributed by atoms with Crippen LogP contribution in [0.1, 0.15) is 31.0 Å². The molecular weight excluding hydrogens is 520 g/mol. The van der Waals surface area contributed by atoms with Crippen LogP contribution in [-0.4, -0.2) is 31.4 Å². The molecule has 2 heterocycles. The zero-order valence-electron chi connectivity index (χ0n) is 19.1. The summed E-state index contributed by atoms with van der Waals surface area (Å²) < 4.78 is 18.9. The van der Waals surface area contributed by atoms with Gasteiger partial charge in [-0.05, 0) is 59.1 Å². The molecule has 0 N–H and O–H groups in total. The molecule has 3 aromatic rings. The van der Waals surface area contributed by atoms with Gasteiger partial charge in [-0.2, -0.15) is 0 Å². The highest BCUT2D eigenvalue weighted by Gasteiger charge is 2.33. The zero-order chi connectivity index (χ0) is 24.4. The molecule has 0 saturated heterocycles. The van der Waals surface area contributed by atoms with Gasteiger partial charge in [0.25, 0.3) is 5.56 Å². The number of halogens is 1. The molecule has 1 aliphatic rings. The van der Waals surface area contributed by atoms with Gasteiger partial charge in [-0.15, -0.1) is 0 Å². The number of carbonyl (C=O) groups is 1. The summed E-state index contributed by atoms with van der Waals surface area (Å²) in [5, 5.41) is 0. The van der Waals surface area contributed by atoms with E-state index in [9.17, 15) is 9.59 Å². The predicted molar refractivity (Wildman–Crippen MR) is 134 cm³/mol. The van der Waals surface area contributed by atoms with Gasteiger partial charge in [-0.1, -0.05) is 41.7 Å². The molecule has 9 heteroatoms. The van der Waals surface area contributed by atoms with Gasteiger partial charge in [0.05, 0.1) is 47.1 Å². The maximum Gasteiger partial charge on any atom is 0.338 e. The van der Waals surface area contributed by atoms with Crippen molar-refractivity contribution in [3.05, 3.63) is 89.0 Å². The van der Waals surface area contributed by atoms with Crippen molar-refractivity contribution in [2.75, 3.05) is 20.8 Å². The van der Waals surface area contributed by atoms with E-state index >= 15 is 0 Å². The normalized spacial score (nSPS) is 15.6. The van der Waals surface area contributed by atoms with Gasteiger partial charge in [0, 0.05) is 0 Å². The molecular formula is C25H23BrN2O5S. The van der Waals surface area contributed by atoms with Crippen molar-refractivity contribution in [2.24, 2.45) is 4.99 Å². The van der Waals surface area contributed by atoms with Gasteiger partial charge in [0.2, 0.25) is 0 Å². The van der Waals surface area contributed by atoms with Crippen molar-refractivity contribution in [3.63, 3.8) is 0 Å². The van der Waals surface area contributed by atoms with Gasteiger partial charge in [-0.3, -0.25) is 9.36 Å². The van der Waals surface area contributed by atoms with Crippen molar-refractivity contribution < 1.29 is 19.0 Å². The summed E-state index contributed by atoms with van der Waals surface area (Å²) in [6, 6.07) is 12.5. The quantitative estimate of drug-likeness (QED) is 0.445. The summed E-state index contributed by atoms with van der Waals surface area (Å²) in [5.41, 5.74) is 2.22. The number of rotatable bonds is 6. The Bertz CT molecular complexity index is 1460. The lowest BCUT2D eigenvalue weighted by molar-refractivity contribution is -0.139. The third-order valence-corrected chi connectivity index (χ3v) is 6.96. The van der Waals surface area contributed by atoms with Crippen molar-refractivity contribution in [2.45, 2.75) is 19.9 Å². The topological polar surface area (TPSA) is 79.1 Å². The maximum absolute atomic E-state index is 13.6. The first-order valence-electron chi connectivity index (χ1n) is 10.6. The lowest BCUT2D eigenvalue weighted by atomic mass is 9.96. The summed E-state index contributed by atoms with van der Waals surface area (Å²) in [7, 11) is 3.12. The minimum atomic E-state index is -0.629. The van der Waals surface area contributed by atoms with Crippen molar-refractivity contribution in [1.29, 1.82) is 0 Å². The fraction of sp³-hybridized carbons (Fsp3) is 0.240. The average Bonchev–Trinajstić information content (AvgIpc) is 3.12. The molecule has 0 saturated carbocycles. The summed E-state index contributed by atoms with van der Waals surface area (Å²) in [6.07, 6.45) is 1.78. The Hall–Kier alpha value is -3.17. The number of nitrogens with zero attached hydrogens (tertiary/aromatic N) is 2. The number of hydrogen-bond acceptors (Lipinski definition) is 7. The van der Waals surface area contributed by atoms with Crippen LogP contribution >= 0.6 is 27.3 Å². The first-order chi connectivity index (χ1) is 16.4. The zero-order valence-corrected chi connectivity index (χ0v) is 21.5. The second-order valence-electron chi connectivity index (χ2n) is 7.45. The van der Waals surface area contributed by atoms with Crippen molar-refractivity contribution >= 4 is 39.3 Å². The number of hydrogen-bond donors (Lipinski definition) is 0. The molecule has 0 radical (unpaired) electrons. The minimum Gasteiger partial charge on any atom is -0.493 e. The standard InChI is InChI=1S/C25H23BrN2O5S/c1-5-33-24(30)20-14(2)27-25-28(21(20)16-9-7-6-8-10-16)23(29)19(34-25)13-15-11-17(26)22(32-4)18(12-15)31-3/h6-13,21H,5H2,1-4H3/b19-13+. The van der Waals surface area contributed by atoms with Crippen LogP contribution in [0, 0.1) is 0 Å². The number of benzene rings is 2. The smallest absolute Gasteiger partial charge is 0.338 e. The van der Waals surface area contributed by atoms with Gasteiger partial charge in [-0.25, -0.2) is 9.79 Å². The van der Waals surface area contributed by atoms with Gasteiger partial charge < -0.3 is 14.2 Å². The molecule has 0 aliphatic carbocycles. The first kappa shape index (κ1) is 24.0. The monoisotopic (exact) mass is 542 g/mol. The molecule has 1 unspecified atom stereocenters. The molecule has 0 spiro atoms. The van der Waals surface area contributed by atoms with Crippen LogP contribution in [0.4, 0.5) is 0 Å². The van der Waals surface area contributed by atoms with Crippen LogP contribution in [0.2, 0.25) is 0 Å². The summed E-state index contributed by atoms with van der Waals surface area (Å²) >= 11 is 4.76. The molecule has 2 aromatic carbocycles. The second kappa shape index (κ2) is 9.99. The Kier molecular flexibility index (Phi) is 7.04. The number of allylic oxidation sites excluding steroid dienone is 1. The number of methoxy groups -OCH3 is 2. The summed E-state index contributed by atoms with van der Waals surface area (Å²) in [5.74, 6) is 0.633. The predicted octanol–water partition coefficient (Wildman–Crippen LogP) is 3.58. The second-order valence-corrected chi connectivity index (χ2v) is 9.31. The van der Waals surface area contributed by atoms with Crippen LogP contribution in [-0.2, 0) is 9.53 Å². The first-order valence-corrected chi connectivity index (χ1v) is 12.2. The van der Waals surface area contributed by atoms with E-state index in [0.717, 1.165) is 11.1 Å². The summed E-state index contributed by atoms with van der Waals surface area (Å²) in [6.45, 7) is 3.75. The van der Waals surface area contributed by atoms with E-state index in [-0.39, 0.29) is 12.2 Å². The highest BCUT2D eigenvalue weighted by molar-refractivity contribution is 9.10. The Morgan fingerprint density at radius 1 is 1.21 bits per heavy atom. The van der Waals surface area contributed by atoms with Crippen molar-refractivity contribution in [1.82, 2.24) is 4.57 Å². The van der Waals surface area contributed by atoms with E-state index in [2.05, 4.69) is 20.9 Å². The number of thiazole rings is 1. The minimum absolute atomic E-state index is 0.232. The fourth-order valence-corrected chi connectivity index (χ4v) is 5.58. The number of esters is 1. The van der Waals surface area contributed by atoms with E-state index in [1.807, 2.05) is 36.4 Å². The number of ether oxygens (including phenoxy) is 3. The molecule has 34 heavy (non-hydrogen) atoms. The Labute approximate surface area is 208 Å². The third kappa shape index (κ3) is 4.33. The molecule has 1 atom stereocenters. The van der Waals surface area contributed by atoms with Crippen LogP contribution in [0.25, 0.3) is 6.08 Å². The van der Waals surface area contributed by atoms with E-state index in [4.69, 9.17) is 14.2 Å². The van der Waals surface area contributed by atoms with Crippen molar-refractivity contribution in [3.8, 4) is 11.5 Å². The Morgan fingerprint density at radius 3 is 2.59 bits per heavy atom. The van der Waals surface area contributed by atoms with Crippen LogP contribution in [0.15, 0.2) is 68.0 Å². The fourth-order valence-electron chi connectivity index (χ4n) is 3.91. The largest absolute Gasteiger partial charge is 0.493 e.